The molecule has 0 amide bonds. The second-order valence-electron chi connectivity index (χ2n) is 5.62. The average molecular weight is 250 g/mol. The molecule has 2 saturated heterocycles. The summed E-state index contributed by atoms with van der Waals surface area (Å²) in [6, 6.07) is 2.72. The number of hydrogen-bond acceptors (Lipinski definition) is 3. The van der Waals surface area contributed by atoms with Crippen molar-refractivity contribution in [1.29, 1.82) is 0 Å². The number of aliphatic hydroxyl groups excluding tert-OH is 1. The van der Waals surface area contributed by atoms with E-state index in [9.17, 15) is 9.50 Å². The van der Waals surface area contributed by atoms with E-state index in [-0.39, 0.29) is 5.92 Å². The zero-order valence-electron chi connectivity index (χ0n) is 10.6. The zero-order valence-corrected chi connectivity index (χ0v) is 10.6. The lowest BCUT2D eigenvalue weighted by Crippen LogP contribution is -2.41. The van der Waals surface area contributed by atoms with E-state index >= 15 is 0 Å². The summed E-state index contributed by atoms with van der Waals surface area (Å²) in [5.74, 6) is -0.216. The van der Waals surface area contributed by atoms with E-state index in [0.717, 1.165) is 12.8 Å². The molecule has 4 heteroatoms. The van der Waals surface area contributed by atoms with Crippen molar-refractivity contribution in [3.63, 3.8) is 0 Å². The normalized spacial score (nSPS) is 33.6. The van der Waals surface area contributed by atoms with Gasteiger partial charge >= 0.3 is 0 Å². The Kier molecular flexibility index (Phi) is 3.08. The molecule has 0 spiro atoms. The van der Waals surface area contributed by atoms with Gasteiger partial charge in [-0.1, -0.05) is 0 Å². The molecule has 2 fully saturated rings. The van der Waals surface area contributed by atoms with Crippen LogP contribution in [0.2, 0.25) is 0 Å². The SMILES string of the molecule is CN1C2CCC1CC(C(O)c1ccncc1F)C2. The standard InChI is InChI=1S/C14H19FN2O/c1-17-10-2-3-11(17)7-9(6-10)14(18)12-4-5-16-8-13(12)15/h4-5,8-11,14,18H,2-3,6-7H2,1H3. The van der Waals surface area contributed by atoms with Crippen LogP contribution in [0, 0.1) is 11.7 Å². The molecule has 0 saturated carbocycles. The summed E-state index contributed by atoms with van der Waals surface area (Å²) in [4.78, 5) is 6.16. The van der Waals surface area contributed by atoms with E-state index in [0.29, 0.717) is 17.6 Å². The van der Waals surface area contributed by atoms with Gasteiger partial charge in [-0.05, 0) is 44.7 Å². The topological polar surface area (TPSA) is 36.4 Å². The van der Waals surface area contributed by atoms with Gasteiger partial charge in [-0.2, -0.15) is 0 Å². The van der Waals surface area contributed by atoms with Gasteiger partial charge in [-0.3, -0.25) is 4.98 Å². The molecule has 2 aliphatic heterocycles. The first-order chi connectivity index (χ1) is 8.66. The number of fused-ring (bicyclic) bond motifs is 2. The summed E-state index contributed by atoms with van der Waals surface area (Å²) in [7, 11) is 2.16. The number of nitrogens with zero attached hydrogens (tertiary/aromatic N) is 2. The fraction of sp³-hybridized carbons (Fsp3) is 0.643. The molecule has 3 atom stereocenters. The molecule has 18 heavy (non-hydrogen) atoms. The van der Waals surface area contributed by atoms with Gasteiger partial charge in [0.1, 0.15) is 5.82 Å². The number of aliphatic hydroxyl groups is 1. The Balaban J connectivity index is 1.78. The maximum Gasteiger partial charge on any atom is 0.147 e. The quantitative estimate of drug-likeness (QED) is 0.873. The van der Waals surface area contributed by atoms with Crippen LogP contribution in [-0.4, -0.2) is 34.1 Å². The van der Waals surface area contributed by atoms with E-state index < -0.39 is 11.9 Å². The molecule has 0 aliphatic carbocycles. The highest BCUT2D eigenvalue weighted by Crippen LogP contribution is 2.42. The Morgan fingerprint density at radius 2 is 2.06 bits per heavy atom. The van der Waals surface area contributed by atoms with Crippen molar-refractivity contribution in [2.45, 2.75) is 43.9 Å². The van der Waals surface area contributed by atoms with Crippen LogP contribution in [0.4, 0.5) is 4.39 Å². The molecule has 1 aromatic heterocycles. The van der Waals surface area contributed by atoms with Gasteiger partial charge in [-0.25, -0.2) is 4.39 Å². The first-order valence-electron chi connectivity index (χ1n) is 6.66. The van der Waals surface area contributed by atoms with Gasteiger partial charge in [0.15, 0.2) is 0 Å². The van der Waals surface area contributed by atoms with Gasteiger partial charge in [0.05, 0.1) is 12.3 Å². The highest BCUT2D eigenvalue weighted by Gasteiger charge is 2.41. The highest BCUT2D eigenvalue weighted by molar-refractivity contribution is 5.17. The van der Waals surface area contributed by atoms with E-state index in [2.05, 4.69) is 16.9 Å². The minimum atomic E-state index is -0.690. The number of aromatic nitrogens is 1. The molecule has 0 aromatic carbocycles. The second-order valence-corrected chi connectivity index (χ2v) is 5.62. The molecule has 2 aliphatic rings. The molecule has 3 nitrogen and oxygen atoms in total. The highest BCUT2D eigenvalue weighted by atomic mass is 19.1. The van der Waals surface area contributed by atoms with Crippen LogP contribution in [0.3, 0.4) is 0 Å². The monoisotopic (exact) mass is 250 g/mol. The largest absolute Gasteiger partial charge is 0.388 e. The van der Waals surface area contributed by atoms with Gasteiger partial charge in [-0.15, -0.1) is 0 Å². The van der Waals surface area contributed by atoms with Gasteiger partial charge in [0.2, 0.25) is 0 Å². The Bertz CT molecular complexity index is 426. The predicted octanol–water partition coefficient (Wildman–Crippen LogP) is 2.13. The van der Waals surface area contributed by atoms with Crippen molar-refractivity contribution in [3.05, 3.63) is 29.8 Å². The lowest BCUT2D eigenvalue weighted by atomic mass is 9.84. The lowest BCUT2D eigenvalue weighted by Gasteiger charge is -2.38. The Hall–Kier alpha value is -1.00. The van der Waals surface area contributed by atoms with Crippen LogP contribution in [0.5, 0.6) is 0 Å². The predicted molar refractivity (Wildman–Crippen MR) is 66.5 cm³/mol. The van der Waals surface area contributed by atoms with Crippen LogP contribution in [0.25, 0.3) is 0 Å². The average Bonchev–Trinajstić information content (AvgIpc) is 2.61. The molecule has 3 heterocycles. The second kappa shape index (κ2) is 4.59. The van der Waals surface area contributed by atoms with E-state index in [1.54, 1.807) is 12.3 Å². The Morgan fingerprint density at radius 1 is 1.39 bits per heavy atom. The number of piperidine rings is 1. The van der Waals surface area contributed by atoms with Crippen molar-refractivity contribution in [1.82, 2.24) is 9.88 Å². The molecule has 0 radical (unpaired) electrons. The molecule has 3 rings (SSSR count). The van der Waals surface area contributed by atoms with Crippen molar-refractivity contribution in [3.8, 4) is 0 Å². The lowest BCUT2D eigenvalue weighted by molar-refractivity contribution is 0.0336. The first kappa shape index (κ1) is 12.1. The maximum absolute atomic E-state index is 13.6. The van der Waals surface area contributed by atoms with Gasteiger partial charge in [0.25, 0.3) is 0 Å². The van der Waals surface area contributed by atoms with Crippen molar-refractivity contribution in [2.75, 3.05) is 7.05 Å². The molecule has 2 bridgehead atoms. The van der Waals surface area contributed by atoms with Crippen LogP contribution >= 0.6 is 0 Å². The van der Waals surface area contributed by atoms with E-state index in [1.807, 2.05) is 0 Å². The summed E-state index contributed by atoms with van der Waals surface area (Å²) < 4.78 is 13.6. The Labute approximate surface area is 107 Å². The van der Waals surface area contributed by atoms with Crippen LogP contribution in [-0.2, 0) is 0 Å². The zero-order chi connectivity index (χ0) is 12.7. The van der Waals surface area contributed by atoms with Crippen LogP contribution < -0.4 is 0 Å². The Morgan fingerprint density at radius 3 is 2.67 bits per heavy atom. The van der Waals surface area contributed by atoms with Crippen LogP contribution in [0.15, 0.2) is 18.5 Å². The van der Waals surface area contributed by atoms with Crippen molar-refractivity contribution in [2.24, 2.45) is 5.92 Å². The van der Waals surface area contributed by atoms with Gasteiger partial charge < -0.3 is 10.0 Å². The third kappa shape index (κ3) is 1.93. The summed E-state index contributed by atoms with van der Waals surface area (Å²) in [5, 5.41) is 10.4. The van der Waals surface area contributed by atoms with E-state index in [1.165, 1.54) is 19.0 Å². The number of pyridine rings is 1. The first-order valence-corrected chi connectivity index (χ1v) is 6.66. The van der Waals surface area contributed by atoms with Crippen molar-refractivity contribution >= 4 is 0 Å². The van der Waals surface area contributed by atoms with Gasteiger partial charge in [0, 0.05) is 23.8 Å². The minimum Gasteiger partial charge on any atom is -0.388 e. The fourth-order valence-electron chi connectivity index (χ4n) is 3.59. The summed E-state index contributed by atoms with van der Waals surface area (Å²) >= 11 is 0. The third-order valence-corrected chi connectivity index (χ3v) is 4.70. The number of hydrogen-bond donors (Lipinski definition) is 1. The fourth-order valence-corrected chi connectivity index (χ4v) is 3.59. The van der Waals surface area contributed by atoms with Crippen LogP contribution in [0.1, 0.15) is 37.4 Å². The molecular formula is C14H19FN2O. The minimum absolute atomic E-state index is 0.176. The summed E-state index contributed by atoms with van der Waals surface area (Å²) in [6.07, 6.45) is 6.40. The molecule has 3 unspecified atom stereocenters. The third-order valence-electron chi connectivity index (χ3n) is 4.70. The smallest absolute Gasteiger partial charge is 0.147 e. The molecular weight excluding hydrogens is 231 g/mol. The summed E-state index contributed by atoms with van der Waals surface area (Å²) in [6.45, 7) is 0. The number of rotatable bonds is 2. The molecule has 1 aromatic rings. The van der Waals surface area contributed by atoms with E-state index in [4.69, 9.17) is 0 Å². The summed E-state index contributed by atoms with van der Waals surface area (Å²) in [5.41, 5.74) is 0.402. The number of halogens is 1. The van der Waals surface area contributed by atoms with Crippen molar-refractivity contribution < 1.29 is 9.50 Å². The maximum atomic E-state index is 13.6. The molecule has 1 N–H and O–H groups in total. The molecule has 98 valence electrons.